The highest BCUT2D eigenvalue weighted by atomic mass is 16.2. The average molecular weight is 375 g/mol. The maximum atomic E-state index is 12.3. The summed E-state index contributed by atoms with van der Waals surface area (Å²) in [4.78, 5) is 34.6. The van der Waals surface area contributed by atoms with E-state index in [4.69, 9.17) is 0 Å². The Bertz CT molecular complexity index is 998. The van der Waals surface area contributed by atoms with Crippen LogP contribution in [0.15, 0.2) is 71.9 Å². The normalized spacial score (nSPS) is 16.1. The van der Waals surface area contributed by atoms with Gasteiger partial charge in [0.15, 0.2) is 5.43 Å². The number of pyridine rings is 1. The molecule has 0 saturated carbocycles. The minimum Gasteiger partial charge on any atom is -0.350 e. The fraction of sp³-hybridized carbons (Fsp3) is 0.238. The fourth-order valence-electron chi connectivity index (χ4n) is 3.32. The van der Waals surface area contributed by atoms with Crippen molar-refractivity contribution >= 4 is 11.9 Å². The lowest BCUT2D eigenvalue weighted by molar-refractivity contribution is -0.122. The number of anilines is 1. The van der Waals surface area contributed by atoms with Crippen LogP contribution < -0.4 is 15.6 Å². The van der Waals surface area contributed by atoms with E-state index >= 15 is 0 Å². The van der Waals surface area contributed by atoms with Gasteiger partial charge in [0.2, 0.25) is 11.9 Å². The average Bonchev–Trinajstić information content (AvgIpc) is 3.19. The van der Waals surface area contributed by atoms with Crippen LogP contribution in [0.1, 0.15) is 6.42 Å². The second kappa shape index (κ2) is 8.04. The van der Waals surface area contributed by atoms with Gasteiger partial charge in [-0.1, -0.05) is 30.3 Å². The van der Waals surface area contributed by atoms with Gasteiger partial charge < -0.3 is 14.8 Å². The summed E-state index contributed by atoms with van der Waals surface area (Å²) >= 11 is 0. The molecule has 0 spiro atoms. The highest BCUT2D eigenvalue weighted by Gasteiger charge is 2.25. The molecular formula is C21H21N5O2. The van der Waals surface area contributed by atoms with E-state index in [1.54, 1.807) is 23.2 Å². The zero-order valence-corrected chi connectivity index (χ0v) is 15.4. The van der Waals surface area contributed by atoms with Crippen LogP contribution in [0.5, 0.6) is 0 Å². The van der Waals surface area contributed by atoms with Gasteiger partial charge in [-0.25, -0.2) is 9.97 Å². The Balaban J connectivity index is 1.37. The van der Waals surface area contributed by atoms with Gasteiger partial charge in [-0.05, 0) is 12.5 Å². The van der Waals surface area contributed by atoms with Crippen LogP contribution in [0.3, 0.4) is 0 Å². The highest BCUT2D eigenvalue weighted by Crippen LogP contribution is 2.21. The number of nitrogens with one attached hydrogen (secondary N) is 1. The zero-order valence-electron chi connectivity index (χ0n) is 15.4. The van der Waals surface area contributed by atoms with Crippen LogP contribution in [-0.2, 0) is 11.3 Å². The summed E-state index contributed by atoms with van der Waals surface area (Å²) in [7, 11) is 0. The van der Waals surface area contributed by atoms with E-state index in [-0.39, 0.29) is 23.9 Å². The van der Waals surface area contributed by atoms with Gasteiger partial charge in [0, 0.05) is 55.4 Å². The molecule has 0 radical (unpaired) electrons. The van der Waals surface area contributed by atoms with E-state index < -0.39 is 0 Å². The Hall–Kier alpha value is -3.48. The number of benzene rings is 1. The van der Waals surface area contributed by atoms with Gasteiger partial charge in [-0.3, -0.25) is 9.59 Å². The molecule has 1 aliphatic heterocycles. The molecule has 2 aromatic heterocycles. The van der Waals surface area contributed by atoms with Crippen LogP contribution in [0.2, 0.25) is 0 Å². The van der Waals surface area contributed by atoms with Crippen molar-refractivity contribution in [1.82, 2.24) is 19.9 Å². The second-order valence-electron chi connectivity index (χ2n) is 6.81. The molecule has 0 aliphatic carbocycles. The number of nitrogens with zero attached hydrogens (tertiary/aromatic N) is 4. The van der Waals surface area contributed by atoms with Crippen molar-refractivity contribution in [2.45, 2.75) is 19.0 Å². The van der Waals surface area contributed by atoms with Crippen LogP contribution in [0.25, 0.3) is 11.3 Å². The van der Waals surface area contributed by atoms with Crippen molar-refractivity contribution in [2.24, 2.45) is 0 Å². The Kier molecular flexibility index (Phi) is 5.14. The Labute approximate surface area is 162 Å². The molecule has 1 fully saturated rings. The number of hydrogen-bond donors (Lipinski definition) is 1. The van der Waals surface area contributed by atoms with Crippen LogP contribution in [0.4, 0.5) is 5.95 Å². The molecule has 1 unspecified atom stereocenters. The topological polar surface area (TPSA) is 80.1 Å². The van der Waals surface area contributed by atoms with Gasteiger partial charge in [-0.2, -0.15) is 0 Å². The molecule has 1 aromatic carbocycles. The molecule has 3 aromatic rings. The molecule has 142 valence electrons. The number of aromatic nitrogens is 3. The summed E-state index contributed by atoms with van der Waals surface area (Å²) in [5, 5.41) is 3.05. The van der Waals surface area contributed by atoms with Crippen molar-refractivity contribution in [1.29, 1.82) is 0 Å². The summed E-state index contributed by atoms with van der Waals surface area (Å²) in [6, 6.07) is 14.8. The zero-order chi connectivity index (χ0) is 19.3. The number of rotatable bonds is 5. The third-order valence-electron chi connectivity index (χ3n) is 4.74. The number of carbonyl (C=O) groups excluding carboxylic acids is 1. The largest absolute Gasteiger partial charge is 0.350 e. The van der Waals surface area contributed by atoms with Crippen LogP contribution >= 0.6 is 0 Å². The van der Waals surface area contributed by atoms with Crippen molar-refractivity contribution in [2.75, 3.05) is 18.0 Å². The summed E-state index contributed by atoms with van der Waals surface area (Å²) in [5.74, 6) is 0.605. The lowest BCUT2D eigenvalue weighted by Crippen LogP contribution is -2.39. The van der Waals surface area contributed by atoms with Crippen LogP contribution in [-0.4, -0.2) is 39.6 Å². The van der Waals surface area contributed by atoms with Crippen LogP contribution in [0, 0.1) is 0 Å². The quantitative estimate of drug-likeness (QED) is 0.734. The van der Waals surface area contributed by atoms with E-state index in [2.05, 4.69) is 20.2 Å². The van der Waals surface area contributed by atoms with E-state index in [0.717, 1.165) is 24.2 Å². The molecule has 1 N–H and O–H groups in total. The van der Waals surface area contributed by atoms with Crippen molar-refractivity contribution in [3.63, 3.8) is 0 Å². The molecule has 1 saturated heterocycles. The predicted molar refractivity (Wildman–Crippen MR) is 107 cm³/mol. The molecule has 1 atom stereocenters. The summed E-state index contributed by atoms with van der Waals surface area (Å²) in [6.45, 7) is 1.66. The highest BCUT2D eigenvalue weighted by molar-refractivity contribution is 5.76. The predicted octanol–water partition coefficient (Wildman–Crippen LogP) is 1.70. The maximum absolute atomic E-state index is 12.3. The third kappa shape index (κ3) is 4.25. The van der Waals surface area contributed by atoms with Crippen molar-refractivity contribution in [3.05, 3.63) is 77.3 Å². The van der Waals surface area contributed by atoms with Gasteiger partial charge in [-0.15, -0.1) is 0 Å². The molecule has 28 heavy (non-hydrogen) atoms. The number of carbonyl (C=O) groups is 1. The molecule has 3 heterocycles. The summed E-state index contributed by atoms with van der Waals surface area (Å²) < 4.78 is 1.69. The van der Waals surface area contributed by atoms with E-state index in [1.165, 1.54) is 12.1 Å². The third-order valence-corrected chi connectivity index (χ3v) is 4.74. The maximum Gasteiger partial charge on any atom is 0.240 e. The minimum absolute atomic E-state index is 0.0517. The van der Waals surface area contributed by atoms with E-state index in [9.17, 15) is 9.59 Å². The van der Waals surface area contributed by atoms with Gasteiger partial charge >= 0.3 is 0 Å². The fourth-order valence-corrected chi connectivity index (χ4v) is 3.32. The molecule has 1 aliphatic rings. The lowest BCUT2D eigenvalue weighted by atomic mass is 10.1. The number of hydrogen-bond acceptors (Lipinski definition) is 5. The summed E-state index contributed by atoms with van der Waals surface area (Å²) in [6.07, 6.45) is 5.85. The van der Waals surface area contributed by atoms with E-state index in [1.807, 2.05) is 36.4 Å². The Morgan fingerprint density at radius 3 is 2.68 bits per heavy atom. The number of amides is 1. The first-order valence-corrected chi connectivity index (χ1v) is 9.26. The molecule has 1 amide bonds. The second-order valence-corrected chi connectivity index (χ2v) is 6.81. The smallest absolute Gasteiger partial charge is 0.240 e. The molecule has 0 bridgehead atoms. The Morgan fingerprint density at radius 2 is 1.89 bits per heavy atom. The monoisotopic (exact) mass is 375 g/mol. The van der Waals surface area contributed by atoms with Crippen molar-refractivity contribution in [3.8, 4) is 11.3 Å². The molecule has 4 rings (SSSR count). The first kappa shape index (κ1) is 17.9. The molecular weight excluding hydrogens is 354 g/mol. The SMILES string of the molecule is O=C(Cn1ccc(=O)cc1)NC1CCN(c2nccc(-c3ccccc3)n2)C1. The standard InChI is InChI=1S/C21H21N5O2/c27-18-8-11-25(12-9-18)15-20(28)23-17-7-13-26(14-17)21-22-10-6-19(24-21)16-4-2-1-3-5-16/h1-6,8-12,17H,7,13-15H2,(H,23,28). The van der Waals surface area contributed by atoms with Gasteiger partial charge in [0.05, 0.1) is 5.69 Å². The molecule has 7 nitrogen and oxygen atoms in total. The first-order valence-electron chi connectivity index (χ1n) is 9.26. The summed E-state index contributed by atoms with van der Waals surface area (Å²) in [5.41, 5.74) is 1.87. The van der Waals surface area contributed by atoms with Gasteiger partial charge in [0.1, 0.15) is 6.54 Å². The van der Waals surface area contributed by atoms with E-state index in [0.29, 0.717) is 12.5 Å². The first-order chi connectivity index (χ1) is 13.7. The lowest BCUT2D eigenvalue weighted by Gasteiger charge is -2.17. The van der Waals surface area contributed by atoms with Gasteiger partial charge in [0.25, 0.3) is 0 Å². The Morgan fingerprint density at radius 1 is 1.11 bits per heavy atom. The minimum atomic E-state index is -0.0746. The van der Waals surface area contributed by atoms with Crippen molar-refractivity contribution < 1.29 is 4.79 Å². The molecule has 7 heteroatoms.